The molecule has 1 aromatic heterocycles. The summed E-state index contributed by atoms with van der Waals surface area (Å²) < 4.78 is 38.1. The molecule has 2 aromatic rings. The van der Waals surface area contributed by atoms with Gasteiger partial charge in [0, 0.05) is 9.92 Å². The Morgan fingerprint density at radius 3 is 2.67 bits per heavy atom. The van der Waals surface area contributed by atoms with Crippen LogP contribution in [0, 0.1) is 0 Å². The van der Waals surface area contributed by atoms with Gasteiger partial charge in [0.15, 0.2) is 5.69 Å². The molecule has 0 amide bonds. The molecular weight excluding hydrogens is 347 g/mol. The molecule has 2 rings (SSSR count). The minimum atomic E-state index is -4.77. The number of aromatic carboxylic acids is 1. The van der Waals surface area contributed by atoms with Crippen molar-refractivity contribution in [3.05, 3.63) is 44.9 Å². The summed E-state index contributed by atoms with van der Waals surface area (Å²) in [5.74, 6) is -1.49. The number of carbonyl (C=O) groups is 1. The summed E-state index contributed by atoms with van der Waals surface area (Å²) in [6.07, 6.45) is -4.77. The second-order valence-corrected chi connectivity index (χ2v) is 6.40. The van der Waals surface area contributed by atoms with Crippen molar-refractivity contribution in [3.63, 3.8) is 0 Å². The van der Waals surface area contributed by atoms with Gasteiger partial charge in [-0.15, -0.1) is 23.1 Å². The Kier molecular flexibility index (Phi) is 4.80. The van der Waals surface area contributed by atoms with Crippen LogP contribution in [0.25, 0.3) is 0 Å². The maximum atomic E-state index is 12.7. The Morgan fingerprint density at radius 2 is 2.14 bits per heavy atom. The lowest BCUT2D eigenvalue weighted by Crippen LogP contribution is -2.11. The smallest absolute Gasteiger partial charge is 0.435 e. The second-order valence-electron chi connectivity index (χ2n) is 3.83. The SMILES string of the molecule is O=C(O)c1sc(CSc2cccc(Cl)c2)nc1C(F)(F)F. The topological polar surface area (TPSA) is 50.2 Å². The molecule has 1 aromatic carbocycles. The maximum Gasteiger partial charge on any atom is 0.435 e. The van der Waals surface area contributed by atoms with E-state index in [1.165, 1.54) is 11.8 Å². The van der Waals surface area contributed by atoms with Gasteiger partial charge in [0.05, 0.1) is 5.75 Å². The lowest BCUT2D eigenvalue weighted by Gasteiger charge is -2.02. The zero-order valence-corrected chi connectivity index (χ0v) is 12.5. The van der Waals surface area contributed by atoms with E-state index in [0.29, 0.717) is 16.4 Å². The average molecular weight is 354 g/mol. The van der Waals surface area contributed by atoms with Gasteiger partial charge in [-0.3, -0.25) is 0 Å². The van der Waals surface area contributed by atoms with Crippen molar-refractivity contribution < 1.29 is 23.1 Å². The van der Waals surface area contributed by atoms with Crippen LogP contribution in [0.1, 0.15) is 20.4 Å². The van der Waals surface area contributed by atoms with Crippen molar-refractivity contribution in [2.24, 2.45) is 0 Å². The second kappa shape index (κ2) is 6.25. The molecule has 3 nitrogen and oxygen atoms in total. The van der Waals surface area contributed by atoms with Crippen molar-refractivity contribution in [3.8, 4) is 0 Å². The lowest BCUT2D eigenvalue weighted by molar-refractivity contribution is -0.141. The standard InChI is InChI=1S/C12H7ClF3NO2S2/c13-6-2-1-3-7(4-6)20-5-8-17-10(12(14,15)16)9(21-8)11(18)19/h1-4H,5H2,(H,18,19). The lowest BCUT2D eigenvalue weighted by atomic mass is 10.3. The highest BCUT2D eigenvalue weighted by atomic mass is 35.5. The van der Waals surface area contributed by atoms with E-state index < -0.39 is 22.7 Å². The summed E-state index contributed by atoms with van der Waals surface area (Å²) >= 11 is 7.57. The zero-order valence-electron chi connectivity index (χ0n) is 10.1. The van der Waals surface area contributed by atoms with Gasteiger partial charge in [-0.2, -0.15) is 13.2 Å². The summed E-state index contributed by atoms with van der Waals surface area (Å²) in [6, 6.07) is 6.82. The molecule has 0 aliphatic heterocycles. The monoisotopic (exact) mass is 353 g/mol. The van der Waals surface area contributed by atoms with Crippen LogP contribution < -0.4 is 0 Å². The highest BCUT2D eigenvalue weighted by Gasteiger charge is 2.39. The Bertz CT molecular complexity index is 673. The van der Waals surface area contributed by atoms with Crippen LogP contribution in [0.15, 0.2) is 29.2 Å². The van der Waals surface area contributed by atoms with Crippen molar-refractivity contribution in [2.45, 2.75) is 16.8 Å². The number of halogens is 4. The maximum absolute atomic E-state index is 12.7. The first-order valence-corrected chi connectivity index (χ1v) is 7.64. The fourth-order valence-electron chi connectivity index (χ4n) is 1.47. The zero-order chi connectivity index (χ0) is 15.6. The van der Waals surface area contributed by atoms with Crippen LogP contribution in [-0.2, 0) is 11.9 Å². The number of nitrogens with zero attached hydrogens (tertiary/aromatic N) is 1. The highest BCUT2D eigenvalue weighted by Crippen LogP contribution is 2.36. The molecule has 0 aliphatic carbocycles. The van der Waals surface area contributed by atoms with Crippen LogP contribution in [0.2, 0.25) is 5.02 Å². The van der Waals surface area contributed by atoms with Crippen molar-refractivity contribution in [1.82, 2.24) is 4.98 Å². The molecule has 0 spiro atoms. The largest absolute Gasteiger partial charge is 0.477 e. The van der Waals surface area contributed by atoms with Gasteiger partial charge in [0.1, 0.15) is 9.88 Å². The van der Waals surface area contributed by atoms with Crippen LogP contribution in [0.5, 0.6) is 0 Å². The normalized spacial score (nSPS) is 11.6. The summed E-state index contributed by atoms with van der Waals surface area (Å²) in [7, 11) is 0. The minimum absolute atomic E-state index is 0.102. The van der Waals surface area contributed by atoms with Gasteiger partial charge in [-0.1, -0.05) is 17.7 Å². The van der Waals surface area contributed by atoms with Crippen LogP contribution in [0.4, 0.5) is 13.2 Å². The number of carboxylic acid groups (broad SMARTS) is 1. The third-order valence-corrected chi connectivity index (χ3v) is 4.76. The quantitative estimate of drug-likeness (QED) is 0.802. The van der Waals surface area contributed by atoms with Gasteiger partial charge < -0.3 is 5.11 Å². The van der Waals surface area contributed by atoms with E-state index in [9.17, 15) is 18.0 Å². The third-order valence-electron chi connectivity index (χ3n) is 2.29. The fraction of sp³-hybridized carbons (Fsp3) is 0.167. The number of benzene rings is 1. The average Bonchev–Trinajstić information content (AvgIpc) is 2.81. The fourth-order valence-corrected chi connectivity index (χ4v) is 3.59. The van der Waals surface area contributed by atoms with Gasteiger partial charge in [0.2, 0.25) is 0 Å². The van der Waals surface area contributed by atoms with E-state index in [4.69, 9.17) is 16.7 Å². The Morgan fingerprint density at radius 1 is 1.43 bits per heavy atom. The number of hydrogen-bond acceptors (Lipinski definition) is 4. The first-order valence-electron chi connectivity index (χ1n) is 5.46. The van der Waals surface area contributed by atoms with Gasteiger partial charge in [-0.05, 0) is 18.2 Å². The van der Waals surface area contributed by atoms with E-state index in [-0.39, 0.29) is 10.8 Å². The molecule has 0 fully saturated rings. The van der Waals surface area contributed by atoms with Crippen molar-refractivity contribution >= 4 is 40.7 Å². The molecule has 0 saturated heterocycles. The molecule has 0 saturated carbocycles. The van der Waals surface area contributed by atoms with Crippen LogP contribution in [-0.4, -0.2) is 16.1 Å². The molecule has 0 unspecified atom stereocenters. The minimum Gasteiger partial charge on any atom is -0.477 e. The first-order chi connectivity index (χ1) is 9.77. The first kappa shape index (κ1) is 16.1. The van der Waals surface area contributed by atoms with Crippen LogP contribution >= 0.6 is 34.7 Å². The van der Waals surface area contributed by atoms with Crippen LogP contribution in [0.3, 0.4) is 0 Å². The molecule has 112 valence electrons. The number of carboxylic acids is 1. The van der Waals surface area contributed by atoms with E-state index in [1.807, 2.05) is 0 Å². The summed E-state index contributed by atoms with van der Waals surface area (Å²) in [5, 5.41) is 9.43. The van der Waals surface area contributed by atoms with E-state index >= 15 is 0 Å². The summed E-state index contributed by atoms with van der Waals surface area (Å²) in [4.78, 5) is 14.2. The molecule has 9 heteroatoms. The van der Waals surface area contributed by atoms with E-state index in [1.54, 1.807) is 24.3 Å². The van der Waals surface area contributed by atoms with Gasteiger partial charge in [0.25, 0.3) is 0 Å². The summed E-state index contributed by atoms with van der Waals surface area (Å²) in [5.41, 5.74) is -1.35. The Hall–Kier alpha value is -1.25. The Labute approximate surface area is 130 Å². The highest BCUT2D eigenvalue weighted by molar-refractivity contribution is 7.98. The van der Waals surface area contributed by atoms with Gasteiger partial charge >= 0.3 is 12.1 Å². The van der Waals surface area contributed by atoms with Gasteiger partial charge in [-0.25, -0.2) is 9.78 Å². The molecule has 21 heavy (non-hydrogen) atoms. The molecule has 0 atom stereocenters. The third kappa shape index (κ3) is 4.12. The van der Waals surface area contributed by atoms with Crippen molar-refractivity contribution in [2.75, 3.05) is 0 Å². The predicted octanol–water partition coefficient (Wildman–Crippen LogP) is 4.81. The van der Waals surface area contributed by atoms with E-state index in [0.717, 1.165) is 4.90 Å². The molecule has 0 aliphatic rings. The van der Waals surface area contributed by atoms with Crippen molar-refractivity contribution in [1.29, 1.82) is 0 Å². The molecule has 1 heterocycles. The Balaban J connectivity index is 2.20. The number of aromatic nitrogens is 1. The molecule has 1 N–H and O–H groups in total. The number of thioether (sulfide) groups is 1. The number of thiazole rings is 1. The molecule has 0 radical (unpaired) electrons. The molecular formula is C12H7ClF3NO2S2. The molecule has 0 bridgehead atoms. The number of hydrogen-bond donors (Lipinski definition) is 1. The number of rotatable bonds is 4. The summed E-state index contributed by atoms with van der Waals surface area (Å²) in [6.45, 7) is 0. The predicted molar refractivity (Wildman–Crippen MR) is 75.1 cm³/mol. The number of alkyl halides is 3. The van der Waals surface area contributed by atoms with E-state index in [2.05, 4.69) is 4.98 Å².